The average Bonchev–Trinajstić information content (AvgIpc) is 3.23. The summed E-state index contributed by atoms with van der Waals surface area (Å²) in [4.78, 5) is 35.5. The summed E-state index contributed by atoms with van der Waals surface area (Å²) in [6.45, 7) is 4.46. The van der Waals surface area contributed by atoms with Gasteiger partial charge in [0, 0.05) is 12.8 Å². The number of hydrogen-bond donors (Lipinski definition) is 1. The Morgan fingerprint density at radius 1 is 0.484 bits per heavy atom. The van der Waals surface area contributed by atoms with Gasteiger partial charge in [0.2, 0.25) is 0 Å². The van der Waals surface area contributed by atoms with Crippen LogP contribution in [0.2, 0.25) is 0 Å². The van der Waals surface area contributed by atoms with Crippen molar-refractivity contribution in [3.05, 3.63) is 12.2 Å². The number of allylic oxidation sites excluding steroid dienone is 2. The molecule has 0 radical (unpaired) electrons. The van der Waals surface area contributed by atoms with E-state index >= 15 is 0 Å². The highest BCUT2D eigenvalue weighted by atomic mass is 31.2. The quantitative estimate of drug-likeness (QED) is 0.0211. The van der Waals surface area contributed by atoms with E-state index in [1.165, 1.54) is 173 Å². The molecule has 9 nitrogen and oxygen atoms in total. The molecule has 2 unspecified atom stereocenters. The maximum absolute atomic E-state index is 12.7. The molecule has 0 spiro atoms. The van der Waals surface area contributed by atoms with Crippen LogP contribution in [0.3, 0.4) is 0 Å². The van der Waals surface area contributed by atoms with E-state index < -0.39 is 26.5 Å². The summed E-state index contributed by atoms with van der Waals surface area (Å²) in [5, 5.41) is 0. The number of phosphoric acid groups is 1. The van der Waals surface area contributed by atoms with Crippen LogP contribution >= 0.6 is 7.82 Å². The van der Waals surface area contributed by atoms with E-state index in [1.807, 2.05) is 21.1 Å². The van der Waals surface area contributed by atoms with Crippen LogP contribution in [-0.4, -0.2) is 74.9 Å². The van der Waals surface area contributed by atoms with Gasteiger partial charge in [-0.05, 0) is 38.5 Å². The van der Waals surface area contributed by atoms with Gasteiger partial charge in [-0.2, -0.15) is 0 Å². The number of ether oxygens (including phenoxy) is 2. The zero-order chi connectivity index (χ0) is 45.7. The molecule has 0 fully saturated rings. The van der Waals surface area contributed by atoms with Crippen LogP contribution in [-0.2, 0) is 32.7 Å². The number of quaternary nitrogens is 1. The summed E-state index contributed by atoms with van der Waals surface area (Å²) in [7, 11) is 1.49. The first-order valence-corrected chi connectivity index (χ1v) is 27.9. The highest BCUT2D eigenvalue weighted by molar-refractivity contribution is 7.47. The lowest BCUT2D eigenvalue weighted by atomic mass is 10.0. The van der Waals surface area contributed by atoms with Gasteiger partial charge < -0.3 is 18.9 Å². The Kier molecular flexibility index (Phi) is 44.0. The zero-order valence-electron chi connectivity index (χ0n) is 41.6. The lowest BCUT2D eigenvalue weighted by Gasteiger charge is -2.24. The molecular weight excluding hydrogens is 798 g/mol. The maximum Gasteiger partial charge on any atom is 0.472 e. The summed E-state index contributed by atoms with van der Waals surface area (Å²) >= 11 is 0. The van der Waals surface area contributed by atoms with E-state index in [0.29, 0.717) is 23.9 Å². The molecule has 0 bridgehead atoms. The van der Waals surface area contributed by atoms with Gasteiger partial charge in [0.25, 0.3) is 0 Å². The van der Waals surface area contributed by atoms with Gasteiger partial charge in [-0.1, -0.05) is 219 Å². The summed E-state index contributed by atoms with van der Waals surface area (Å²) < 4.78 is 34.5. The highest BCUT2D eigenvalue weighted by Crippen LogP contribution is 2.43. The van der Waals surface area contributed by atoms with Crippen molar-refractivity contribution in [1.82, 2.24) is 0 Å². The normalized spacial score (nSPS) is 13.5. The molecule has 0 aliphatic rings. The molecule has 0 saturated heterocycles. The summed E-state index contributed by atoms with van der Waals surface area (Å²) in [6.07, 6.45) is 49.8. The molecule has 368 valence electrons. The Hall–Kier alpha value is -1.25. The van der Waals surface area contributed by atoms with Gasteiger partial charge in [-0.25, -0.2) is 4.57 Å². The van der Waals surface area contributed by atoms with Crippen LogP contribution in [0.1, 0.15) is 258 Å². The van der Waals surface area contributed by atoms with Gasteiger partial charge >= 0.3 is 19.8 Å². The predicted molar refractivity (Wildman–Crippen MR) is 261 cm³/mol. The minimum Gasteiger partial charge on any atom is -0.462 e. The summed E-state index contributed by atoms with van der Waals surface area (Å²) in [5.74, 6) is -0.793. The van der Waals surface area contributed by atoms with Gasteiger partial charge in [-0.3, -0.25) is 18.6 Å². The molecule has 0 amide bonds. The molecule has 0 rings (SSSR count). The predicted octanol–water partition coefficient (Wildman–Crippen LogP) is 15.7. The Balaban J connectivity index is 4.15. The summed E-state index contributed by atoms with van der Waals surface area (Å²) in [5.41, 5.74) is 0. The molecule has 0 aliphatic carbocycles. The van der Waals surface area contributed by atoms with Crippen molar-refractivity contribution in [2.45, 2.75) is 264 Å². The van der Waals surface area contributed by atoms with Crippen molar-refractivity contribution < 1.29 is 42.1 Å². The number of esters is 2. The number of unbranched alkanes of at least 4 members (excludes halogenated alkanes) is 33. The summed E-state index contributed by atoms with van der Waals surface area (Å²) in [6, 6.07) is 0. The molecular formula is C52H103NO8P+. The number of nitrogens with zero attached hydrogens (tertiary/aromatic N) is 1. The van der Waals surface area contributed by atoms with E-state index in [2.05, 4.69) is 26.0 Å². The molecule has 62 heavy (non-hydrogen) atoms. The third-order valence-electron chi connectivity index (χ3n) is 11.8. The van der Waals surface area contributed by atoms with Gasteiger partial charge in [0.05, 0.1) is 27.7 Å². The van der Waals surface area contributed by atoms with Crippen LogP contribution < -0.4 is 0 Å². The van der Waals surface area contributed by atoms with E-state index in [1.54, 1.807) is 0 Å². The standard InChI is InChI=1S/C52H102NO8P/c1-6-8-10-12-14-16-18-20-22-23-24-25-26-27-28-29-31-32-34-36-38-40-42-44-51(54)58-48-50(49-60-62(56,57)59-47-46-53(3,4)5)61-52(55)45-43-41-39-37-35-33-30-21-19-17-15-13-11-9-7-2/h21,30,50H,6-20,22-29,31-49H2,1-5H3/p+1/b30-21-. The smallest absolute Gasteiger partial charge is 0.462 e. The third-order valence-corrected chi connectivity index (χ3v) is 12.8. The number of carbonyl (C=O) groups is 2. The second-order valence-electron chi connectivity index (χ2n) is 19.3. The number of phosphoric ester groups is 1. The van der Waals surface area contributed by atoms with Crippen LogP contribution in [0, 0.1) is 0 Å². The van der Waals surface area contributed by atoms with E-state index in [0.717, 1.165) is 51.4 Å². The van der Waals surface area contributed by atoms with E-state index in [-0.39, 0.29) is 25.6 Å². The van der Waals surface area contributed by atoms with Crippen molar-refractivity contribution >= 4 is 19.8 Å². The first-order valence-electron chi connectivity index (χ1n) is 26.4. The zero-order valence-corrected chi connectivity index (χ0v) is 42.5. The fraction of sp³-hybridized carbons (Fsp3) is 0.923. The van der Waals surface area contributed by atoms with Gasteiger partial charge in [0.15, 0.2) is 6.10 Å². The van der Waals surface area contributed by atoms with Crippen molar-refractivity contribution in [3.8, 4) is 0 Å². The number of rotatable bonds is 49. The van der Waals surface area contributed by atoms with Crippen molar-refractivity contribution in [1.29, 1.82) is 0 Å². The largest absolute Gasteiger partial charge is 0.472 e. The van der Waals surface area contributed by atoms with Gasteiger partial charge in [-0.15, -0.1) is 0 Å². The second-order valence-corrected chi connectivity index (χ2v) is 20.7. The first kappa shape index (κ1) is 60.8. The van der Waals surface area contributed by atoms with E-state index in [4.69, 9.17) is 18.5 Å². The third kappa shape index (κ3) is 48.2. The van der Waals surface area contributed by atoms with Crippen LogP contribution in [0.25, 0.3) is 0 Å². The average molecular weight is 901 g/mol. The first-order chi connectivity index (χ1) is 30.0. The van der Waals surface area contributed by atoms with Crippen molar-refractivity contribution in [2.24, 2.45) is 0 Å². The van der Waals surface area contributed by atoms with Crippen LogP contribution in [0.15, 0.2) is 12.2 Å². The number of hydrogen-bond acceptors (Lipinski definition) is 7. The highest BCUT2D eigenvalue weighted by Gasteiger charge is 2.27. The lowest BCUT2D eigenvalue weighted by molar-refractivity contribution is -0.870. The molecule has 1 N–H and O–H groups in total. The number of likely N-dealkylation sites (N-methyl/N-ethyl adjacent to an activating group) is 1. The Morgan fingerprint density at radius 2 is 0.823 bits per heavy atom. The topological polar surface area (TPSA) is 108 Å². The maximum atomic E-state index is 12.7. The molecule has 2 atom stereocenters. The van der Waals surface area contributed by atoms with Crippen molar-refractivity contribution in [2.75, 3.05) is 47.5 Å². The van der Waals surface area contributed by atoms with Crippen LogP contribution in [0.4, 0.5) is 0 Å². The Morgan fingerprint density at radius 3 is 1.19 bits per heavy atom. The fourth-order valence-electron chi connectivity index (χ4n) is 7.66. The number of carbonyl (C=O) groups excluding carboxylic acids is 2. The molecule has 0 heterocycles. The molecule has 10 heteroatoms. The van der Waals surface area contributed by atoms with Gasteiger partial charge in [0.1, 0.15) is 19.8 Å². The second kappa shape index (κ2) is 44.9. The lowest BCUT2D eigenvalue weighted by Crippen LogP contribution is -2.37. The van der Waals surface area contributed by atoms with Crippen LogP contribution in [0.5, 0.6) is 0 Å². The Bertz CT molecular complexity index is 1060. The minimum atomic E-state index is -4.38. The molecule has 0 aromatic rings. The minimum absolute atomic E-state index is 0.0335. The monoisotopic (exact) mass is 901 g/mol. The molecule has 0 aromatic carbocycles. The van der Waals surface area contributed by atoms with Crippen molar-refractivity contribution in [3.63, 3.8) is 0 Å². The van der Waals surface area contributed by atoms with E-state index in [9.17, 15) is 19.0 Å². The molecule has 0 aliphatic heterocycles. The fourth-order valence-corrected chi connectivity index (χ4v) is 8.40. The Labute approximate surface area is 384 Å². The molecule has 0 aromatic heterocycles. The SMILES string of the molecule is CCCCCCCC/C=C\CCCCCCCC(=O)OC(COC(=O)CCCCCCCCCCCCCCCCCCCCCCCCC)COP(=O)(O)OCC[N+](C)(C)C. The molecule has 0 saturated carbocycles.